The minimum absolute atomic E-state index is 0.0296. The van der Waals surface area contributed by atoms with Gasteiger partial charge < -0.3 is 23.7 Å². The fourth-order valence-corrected chi connectivity index (χ4v) is 4.57. The van der Waals surface area contributed by atoms with Gasteiger partial charge in [0, 0.05) is 52.0 Å². The Balaban J connectivity index is 2.18. The summed E-state index contributed by atoms with van der Waals surface area (Å²) in [6.07, 6.45) is -6.68. The van der Waals surface area contributed by atoms with Gasteiger partial charge in [-0.05, 0) is 29.2 Å². The highest BCUT2D eigenvalue weighted by atomic mass is 16.7. The van der Waals surface area contributed by atoms with Gasteiger partial charge in [0.15, 0.2) is 18.3 Å². The van der Waals surface area contributed by atoms with Crippen LogP contribution in [0.4, 0.5) is 11.4 Å². The molecule has 1 aliphatic rings. The molecule has 1 aliphatic heterocycles. The summed E-state index contributed by atoms with van der Waals surface area (Å²) in [6.45, 7) is 3.98. The number of hydrogen-bond acceptors (Lipinski definition) is 13. The van der Waals surface area contributed by atoms with E-state index in [2.05, 4.69) is 0 Å². The summed E-state index contributed by atoms with van der Waals surface area (Å²) < 4.78 is 27.7. The monoisotopic (exact) mass is 588 g/mol. The highest BCUT2D eigenvalue weighted by Gasteiger charge is 2.53. The van der Waals surface area contributed by atoms with Crippen molar-refractivity contribution < 1.29 is 52.7 Å². The zero-order valence-electron chi connectivity index (χ0n) is 23.0. The van der Waals surface area contributed by atoms with Crippen molar-refractivity contribution in [1.29, 1.82) is 0 Å². The van der Waals surface area contributed by atoms with Gasteiger partial charge in [-0.15, -0.1) is 0 Å². The Labute approximate surface area is 238 Å². The molecular weight excluding hydrogens is 560 g/mol. The number of nitro groups is 2. The van der Waals surface area contributed by atoms with Gasteiger partial charge in [-0.1, -0.05) is 12.1 Å². The molecule has 0 amide bonds. The van der Waals surface area contributed by atoms with E-state index in [9.17, 15) is 39.4 Å². The number of rotatable bonds is 10. The van der Waals surface area contributed by atoms with E-state index in [-0.39, 0.29) is 23.4 Å². The maximum atomic E-state index is 12.2. The van der Waals surface area contributed by atoms with Gasteiger partial charge >= 0.3 is 23.9 Å². The van der Waals surface area contributed by atoms with Gasteiger partial charge in [0.25, 0.3) is 11.4 Å². The third-order valence-corrected chi connectivity index (χ3v) is 6.18. The summed E-state index contributed by atoms with van der Waals surface area (Å²) in [7, 11) is 0. The summed E-state index contributed by atoms with van der Waals surface area (Å²) >= 11 is 0. The van der Waals surface area contributed by atoms with Crippen molar-refractivity contribution in [2.24, 2.45) is 0 Å². The molecule has 0 aromatic heterocycles. The Morgan fingerprint density at radius 2 is 1.26 bits per heavy atom. The molecule has 0 aliphatic carbocycles. The summed E-state index contributed by atoms with van der Waals surface area (Å²) in [6, 6.07) is 9.36. The number of nitro benzene ring substituents is 2. The number of nitrogens with zero attached hydrogens (tertiary/aromatic N) is 2. The first-order valence-corrected chi connectivity index (χ1v) is 12.6. The van der Waals surface area contributed by atoms with E-state index >= 15 is 0 Å². The van der Waals surface area contributed by atoms with Crippen LogP contribution in [0, 0.1) is 20.2 Å². The molecule has 0 spiro atoms. The normalized spacial score (nSPS) is 21.5. The van der Waals surface area contributed by atoms with E-state index in [4.69, 9.17) is 23.7 Å². The van der Waals surface area contributed by atoms with Crippen LogP contribution in [0.15, 0.2) is 42.5 Å². The molecule has 0 unspecified atom stereocenters. The molecule has 42 heavy (non-hydrogen) atoms. The predicted molar refractivity (Wildman–Crippen MR) is 140 cm³/mol. The predicted octanol–water partition coefficient (Wildman–Crippen LogP) is 2.89. The van der Waals surface area contributed by atoms with E-state index in [0.29, 0.717) is 11.1 Å². The van der Waals surface area contributed by atoms with E-state index in [1.807, 2.05) is 0 Å². The maximum Gasteiger partial charge on any atom is 0.303 e. The van der Waals surface area contributed by atoms with Crippen LogP contribution in [0.2, 0.25) is 0 Å². The summed E-state index contributed by atoms with van der Waals surface area (Å²) in [5.41, 5.74) is 0.710. The van der Waals surface area contributed by atoms with Crippen LogP contribution < -0.4 is 0 Å². The number of esters is 4. The van der Waals surface area contributed by atoms with Gasteiger partial charge in [0.1, 0.15) is 18.8 Å². The standard InChI is InChI=1S/C27H28N2O13/c1-14(30)38-13-23-25(39-15(2)31)27(41-17(4)33)26(40-16(3)32)24(42-23)22-10-9-21(29(36)37)12-19(22)11-18-5-7-20(8-6-18)28(34)35/h5-10,12,23-27H,11,13H2,1-4H3/t23-,24-,25+,26+,27+/m1/s1. The number of ether oxygens (including phenoxy) is 5. The lowest BCUT2D eigenvalue weighted by molar-refractivity contribution is -0.385. The van der Waals surface area contributed by atoms with Crippen LogP contribution in [0.5, 0.6) is 0 Å². The molecule has 2 aromatic rings. The number of carbonyl (C=O) groups excluding carboxylic acids is 4. The lowest BCUT2D eigenvalue weighted by Crippen LogP contribution is -2.59. The van der Waals surface area contributed by atoms with E-state index in [1.165, 1.54) is 42.5 Å². The highest BCUT2D eigenvalue weighted by molar-refractivity contribution is 5.69. The molecule has 0 radical (unpaired) electrons. The lowest BCUT2D eigenvalue weighted by Gasteiger charge is -2.45. The zero-order valence-corrected chi connectivity index (χ0v) is 23.0. The van der Waals surface area contributed by atoms with Gasteiger partial charge in [-0.2, -0.15) is 0 Å². The van der Waals surface area contributed by atoms with Crippen LogP contribution >= 0.6 is 0 Å². The smallest absolute Gasteiger partial charge is 0.303 e. The number of hydrogen-bond donors (Lipinski definition) is 0. The van der Waals surface area contributed by atoms with Crippen molar-refractivity contribution in [1.82, 2.24) is 0 Å². The molecule has 15 heteroatoms. The van der Waals surface area contributed by atoms with Crippen LogP contribution in [0.1, 0.15) is 50.5 Å². The van der Waals surface area contributed by atoms with Crippen molar-refractivity contribution in [3.63, 3.8) is 0 Å². The Morgan fingerprint density at radius 3 is 1.79 bits per heavy atom. The second kappa shape index (κ2) is 13.6. The van der Waals surface area contributed by atoms with E-state index < -0.39 is 70.9 Å². The number of non-ortho nitro benzene ring substituents is 2. The van der Waals surface area contributed by atoms with Crippen molar-refractivity contribution in [2.45, 2.75) is 64.6 Å². The summed E-state index contributed by atoms with van der Waals surface area (Å²) in [5.74, 6) is -3.08. The first-order valence-electron chi connectivity index (χ1n) is 12.6. The van der Waals surface area contributed by atoms with Crippen molar-refractivity contribution in [2.75, 3.05) is 6.61 Å². The maximum absolute atomic E-state index is 12.2. The van der Waals surface area contributed by atoms with Gasteiger partial charge in [-0.25, -0.2) is 0 Å². The molecule has 0 N–H and O–H groups in total. The molecule has 0 saturated carbocycles. The molecule has 15 nitrogen and oxygen atoms in total. The van der Waals surface area contributed by atoms with Crippen LogP contribution in [0.3, 0.4) is 0 Å². The molecule has 0 bridgehead atoms. The topological polar surface area (TPSA) is 201 Å². The minimum Gasteiger partial charge on any atom is -0.463 e. The van der Waals surface area contributed by atoms with Crippen molar-refractivity contribution in [3.05, 3.63) is 79.4 Å². The third kappa shape index (κ3) is 8.06. The Hall–Kier alpha value is -4.92. The molecule has 5 atom stereocenters. The quantitative estimate of drug-likeness (QED) is 0.170. The Bertz CT molecular complexity index is 1370. The van der Waals surface area contributed by atoms with E-state index in [0.717, 1.165) is 27.7 Å². The first kappa shape index (κ1) is 31.6. The molecular formula is C27H28N2O13. The summed E-state index contributed by atoms with van der Waals surface area (Å²) in [5, 5.41) is 22.7. The lowest BCUT2D eigenvalue weighted by atomic mass is 9.87. The minimum atomic E-state index is -1.43. The molecule has 3 rings (SSSR count). The fraction of sp³-hybridized carbons (Fsp3) is 0.407. The van der Waals surface area contributed by atoms with Crippen LogP contribution in [-0.4, -0.2) is 64.7 Å². The molecule has 1 saturated heterocycles. The largest absolute Gasteiger partial charge is 0.463 e. The van der Waals surface area contributed by atoms with E-state index in [1.54, 1.807) is 0 Å². The Morgan fingerprint density at radius 1 is 0.738 bits per heavy atom. The van der Waals surface area contributed by atoms with Crippen LogP contribution in [0.25, 0.3) is 0 Å². The SMILES string of the molecule is CC(=O)OC[C@H]1O[C@H](c2ccc([N+](=O)[O-])cc2Cc2ccc([N+](=O)[O-])cc2)[C@H](OC(C)=O)[C@@H](OC(C)=O)[C@H]1OC(C)=O. The fourth-order valence-electron chi connectivity index (χ4n) is 4.57. The van der Waals surface area contributed by atoms with Crippen LogP contribution in [-0.2, 0) is 49.3 Å². The molecule has 1 fully saturated rings. The van der Waals surface area contributed by atoms with Gasteiger partial charge in [-0.3, -0.25) is 39.4 Å². The Kier molecular flexibility index (Phi) is 10.3. The second-order valence-electron chi connectivity index (χ2n) is 9.36. The van der Waals surface area contributed by atoms with Gasteiger partial charge in [0.05, 0.1) is 9.85 Å². The average molecular weight is 589 g/mol. The second-order valence-corrected chi connectivity index (χ2v) is 9.36. The van der Waals surface area contributed by atoms with Crippen molar-refractivity contribution >= 4 is 35.3 Å². The number of benzene rings is 2. The summed E-state index contributed by atoms with van der Waals surface area (Å²) in [4.78, 5) is 69.5. The molecule has 224 valence electrons. The third-order valence-electron chi connectivity index (χ3n) is 6.18. The molecule has 1 heterocycles. The number of carbonyl (C=O) groups is 4. The van der Waals surface area contributed by atoms with Crippen molar-refractivity contribution in [3.8, 4) is 0 Å². The first-order chi connectivity index (χ1) is 19.8. The average Bonchev–Trinajstić information content (AvgIpc) is 2.89. The zero-order chi connectivity index (χ0) is 31.1. The molecule has 2 aromatic carbocycles. The van der Waals surface area contributed by atoms with Gasteiger partial charge in [0.2, 0.25) is 0 Å². The highest BCUT2D eigenvalue weighted by Crippen LogP contribution is 2.40.